The molecule has 0 radical (unpaired) electrons. The fourth-order valence-electron chi connectivity index (χ4n) is 3.24. The van der Waals surface area contributed by atoms with E-state index in [1.165, 1.54) is 0 Å². The summed E-state index contributed by atoms with van der Waals surface area (Å²) >= 11 is 0. The first-order chi connectivity index (χ1) is 12.2. The number of rotatable bonds is 7. The molecule has 0 fully saturated rings. The average Bonchev–Trinajstić information content (AvgIpc) is 2.58. The van der Waals surface area contributed by atoms with Crippen molar-refractivity contribution < 1.29 is 24.2 Å². The lowest BCUT2D eigenvalue weighted by Crippen LogP contribution is -2.68. The Morgan fingerprint density at radius 1 is 0.923 bits per heavy atom. The minimum Gasteiger partial charge on any atom is -0.481 e. The van der Waals surface area contributed by atoms with Crippen molar-refractivity contribution in [1.29, 1.82) is 0 Å². The Hall–Kier alpha value is -2.44. The summed E-state index contributed by atoms with van der Waals surface area (Å²) < 4.78 is 6.31. The van der Waals surface area contributed by atoms with Crippen molar-refractivity contribution in [2.24, 2.45) is 0 Å². The number of hydrogen-bond donors (Lipinski definition) is 2. The van der Waals surface area contributed by atoms with E-state index in [9.17, 15) is 14.7 Å². The SMILES string of the molecule is CC(C)(C)[Si](OC(CC(=O)O)C(=O)O)(c1ccccc1)c1ccccc1. The van der Waals surface area contributed by atoms with Gasteiger partial charge in [-0.2, -0.15) is 0 Å². The van der Waals surface area contributed by atoms with Crippen LogP contribution in [0.2, 0.25) is 5.04 Å². The third kappa shape index (κ3) is 4.03. The van der Waals surface area contributed by atoms with Crippen LogP contribution in [-0.2, 0) is 14.0 Å². The number of aliphatic carboxylic acids is 2. The molecular weight excluding hydrogens is 348 g/mol. The summed E-state index contributed by atoms with van der Waals surface area (Å²) in [6.07, 6.45) is -2.00. The molecule has 2 aromatic carbocycles. The standard InChI is InChI=1S/C20H24O5Si/c1-20(2,3)26(15-10-6-4-7-11-15,16-12-8-5-9-13-16)25-17(19(23)24)14-18(21)22/h4-13,17H,14H2,1-3H3,(H,21,22)(H,23,24). The lowest BCUT2D eigenvalue weighted by atomic mass is 10.2. The van der Waals surface area contributed by atoms with Crippen LogP contribution in [0.5, 0.6) is 0 Å². The van der Waals surface area contributed by atoms with Crippen LogP contribution in [0.4, 0.5) is 0 Å². The summed E-state index contributed by atoms with van der Waals surface area (Å²) in [4.78, 5) is 22.9. The van der Waals surface area contributed by atoms with Crippen LogP contribution < -0.4 is 10.4 Å². The highest BCUT2D eigenvalue weighted by atomic mass is 28.4. The maximum absolute atomic E-state index is 11.7. The molecule has 1 unspecified atom stereocenters. The zero-order valence-electron chi connectivity index (χ0n) is 15.2. The Balaban J connectivity index is 2.71. The maximum atomic E-state index is 11.7. The highest BCUT2D eigenvalue weighted by Gasteiger charge is 2.52. The third-order valence-corrected chi connectivity index (χ3v) is 9.41. The first-order valence-electron chi connectivity index (χ1n) is 8.42. The van der Waals surface area contributed by atoms with Gasteiger partial charge in [0.2, 0.25) is 0 Å². The van der Waals surface area contributed by atoms with E-state index in [1.807, 2.05) is 81.4 Å². The molecule has 0 bridgehead atoms. The zero-order valence-corrected chi connectivity index (χ0v) is 16.2. The number of carbonyl (C=O) groups is 2. The van der Waals surface area contributed by atoms with Gasteiger partial charge in [-0.25, -0.2) is 4.79 Å². The van der Waals surface area contributed by atoms with E-state index >= 15 is 0 Å². The van der Waals surface area contributed by atoms with Crippen molar-refractivity contribution in [2.45, 2.75) is 38.3 Å². The molecule has 2 rings (SSSR count). The van der Waals surface area contributed by atoms with E-state index in [4.69, 9.17) is 9.53 Å². The van der Waals surface area contributed by atoms with Crippen molar-refractivity contribution in [2.75, 3.05) is 0 Å². The largest absolute Gasteiger partial charge is 0.481 e. The summed E-state index contributed by atoms with van der Waals surface area (Å²) in [6.45, 7) is 6.04. The van der Waals surface area contributed by atoms with Gasteiger partial charge in [0.05, 0.1) is 6.42 Å². The topological polar surface area (TPSA) is 83.8 Å². The molecule has 0 amide bonds. The quantitative estimate of drug-likeness (QED) is 0.730. The molecule has 0 aromatic heterocycles. The number of benzene rings is 2. The first-order valence-corrected chi connectivity index (χ1v) is 10.3. The van der Waals surface area contributed by atoms with Crippen molar-refractivity contribution in [1.82, 2.24) is 0 Å². The molecule has 5 nitrogen and oxygen atoms in total. The second-order valence-corrected chi connectivity index (χ2v) is 11.5. The van der Waals surface area contributed by atoms with Gasteiger partial charge in [0.1, 0.15) is 0 Å². The van der Waals surface area contributed by atoms with Crippen LogP contribution in [0, 0.1) is 0 Å². The van der Waals surface area contributed by atoms with Crippen LogP contribution in [0.25, 0.3) is 0 Å². The molecule has 2 N–H and O–H groups in total. The minimum atomic E-state index is -3.09. The summed E-state index contributed by atoms with van der Waals surface area (Å²) in [5.41, 5.74) is 0. The van der Waals surface area contributed by atoms with Gasteiger partial charge >= 0.3 is 11.9 Å². The molecule has 1 atom stereocenters. The second-order valence-electron chi connectivity index (χ2n) is 7.21. The highest BCUT2D eigenvalue weighted by molar-refractivity contribution is 6.99. The van der Waals surface area contributed by atoms with E-state index < -0.39 is 37.8 Å². The molecule has 138 valence electrons. The second kappa shape index (κ2) is 7.84. The fraction of sp³-hybridized carbons (Fsp3) is 0.300. The monoisotopic (exact) mass is 372 g/mol. The Kier molecular flexibility index (Phi) is 6.00. The van der Waals surface area contributed by atoms with Gasteiger partial charge in [-0.3, -0.25) is 4.79 Å². The van der Waals surface area contributed by atoms with Crippen molar-refractivity contribution in [3.05, 3.63) is 60.7 Å². The lowest BCUT2D eigenvalue weighted by Gasteiger charge is -2.44. The van der Waals surface area contributed by atoms with Crippen LogP contribution in [0.3, 0.4) is 0 Å². The van der Waals surface area contributed by atoms with Gasteiger partial charge in [-0.05, 0) is 15.4 Å². The lowest BCUT2D eigenvalue weighted by molar-refractivity contribution is -0.151. The zero-order chi connectivity index (χ0) is 19.4. The smallest absolute Gasteiger partial charge is 0.332 e. The maximum Gasteiger partial charge on any atom is 0.332 e. The third-order valence-electron chi connectivity index (χ3n) is 4.37. The van der Waals surface area contributed by atoms with Crippen LogP contribution >= 0.6 is 0 Å². The number of hydrogen-bond acceptors (Lipinski definition) is 3. The molecule has 0 saturated heterocycles. The number of carboxylic acid groups (broad SMARTS) is 2. The molecule has 0 heterocycles. The van der Waals surface area contributed by atoms with Gasteiger partial charge in [0.15, 0.2) is 6.10 Å². The molecular formula is C20H24O5Si. The van der Waals surface area contributed by atoms with Crippen molar-refractivity contribution in [3.63, 3.8) is 0 Å². The normalized spacial score (nSPS) is 13.2. The molecule has 0 saturated carbocycles. The Labute approximate surface area is 154 Å². The highest BCUT2D eigenvalue weighted by Crippen LogP contribution is 2.37. The Morgan fingerprint density at radius 3 is 1.65 bits per heavy atom. The van der Waals surface area contributed by atoms with Crippen LogP contribution in [0.1, 0.15) is 27.2 Å². The predicted molar refractivity (Wildman–Crippen MR) is 102 cm³/mol. The van der Waals surface area contributed by atoms with Gasteiger partial charge in [0, 0.05) is 0 Å². The minimum absolute atomic E-state index is 0.415. The molecule has 0 aliphatic heterocycles. The fourth-order valence-corrected chi connectivity index (χ4v) is 7.87. The van der Waals surface area contributed by atoms with Gasteiger partial charge < -0.3 is 14.6 Å². The van der Waals surface area contributed by atoms with Gasteiger partial charge in [-0.1, -0.05) is 81.4 Å². The Morgan fingerprint density at radius 2 is 1.35 bits per heavy atom. The molecule has 2 aromatic rings. The first kappa shape index (κ1) is 19.9. The van der Waals surface area contributed by atoms with E-state index in [1.54, 1.807) is 0 Å². The Bertz CT molecular complexity index is 713. The summed E-state index contributed by atoms with van der Waals surface area (Å²) in [5, 5.41) is 20.1. The van der Waals surface area contributed by atoms with Gasteiger partial charge in [-0.15, -0.1) is 0 Å². The average molecular weight is 372 g/mol. The van der Waals surface area contributed by atoms with E-state index in [0.717, 1.165) is 10.4 Å². The van der Waals surface area contributed by atoms with Crippen molar-refractivity contribution >= 4 is 30.6 Å². The molecule has 0 spiro atoms. The van der Waals surface area contributed by atoms with Gasteiger partial charge in [0.25, 0.3) is 8.32 Å². The van der Waals surface area contributed by atoms with E-state index in [-0.39, 0.29) is 0 Å². The van der Waals surface area contributed by atoms with Crippen LogP contribution in [0.15, 0.2) is 60.7 Å². The van der Waals surface area contributed by atoms with E-state index in [0.29, 0.717) is 0 Å². The van der Waals surface area contributed by atoms with E-state index in [2.05, 4.69) is 0 Å². The van der Waals surface area contributed by atoms with Crippen LogP contribution in [-0.4, -0.2) is 36.6 Å². The molecule has 6 heteroatoms. The summed E-state index contributed by atoms with van der Waals surface area (Å²) in [7, 11) is -3.09. The number of carboxylic acids is 2. The van der Waals surface area contributed by atoms with Crippen molar-refractivity contribution in [3.8, 4) is 0 Å². The summed E-state index contributed by atoms with van der Waals surface area (Å²) in [6, 6.07) is 19.1. The summed E-state index contributed by atoms with van der Waals surface area (Å²) in [5.74, 6) is -2.46. The molecule has 26 heavy (non-hydrogen) atoms. The molecule has 0 aliphatic carbocycles. The predicted octanol–water partition coefficient (Wildman–Crippen LogP) is 2.49. The molecule has 0 aliphatic rings.